The highest BCUT2D eigenvalue weighted by molar-refractivity contribution is 7.85. The van der Waals surface area contributed by atoms with E-state index in [4.69, 9.17) is 0 Å². The van der Waals surface area contributed by atoms with Gasteiger partial charge in [0.15, 0.2) is 0 Å². The molecule has 3 nitrogen and oxygen atoms in total. The topological polar surface area (TPSA) is 43.4 Å². The normalized spacial score (nSPS) is 13.4. The molecule has 116 valence electrons. The van der Waals surface area contributed by atoms with Gasteiger partial charge in [0.05, 0.1) is 12.9 Å². The Labute approximate surface area is 124 Å². The van der Waals surface area contributed by atoms with Crippen molar-refractivity contribution in [3.63, 3.8) is 0 Å². The average molecular weight is 300 g/mol. The van der Waals surface area contributed by atoms with E-state index in [1.54, 1.807) is 0 Å². The summed E-state index contributed by atoms with van der Waals surface area (Å²) in [7, 11) is -3.33. The van der Waals surface area contributed by atoms with Crippen LogP contribution in [0.2, 0.25) is 0 Å². The Morgan fingerprint density at radius 1 is 0.900 bits per heavy atom. The van der Waals surface area contributed by atoms with Crippen molar-refractivity contribution in [2.45, 2.75) is 53.4 Å². The molecule has 0 heterocycles. The molecule has 0 amide bonds. The zero-order valence-electron chi connectivity index (χ0n) is 13.4. The van der Waals surface area contributed by atoms with Crippen LogP contribution in [-0.4, -0.2) is 21.3 Å². The summed E-state index contributed by atoms with van der Waals surface area (Å²) >= 11 is 0. The Morgan fingerprint density at radius 2 is 1.40 bits per heavy atom. The lowest BCUT2D eigenvalue weighted by Gasteiger charge is -2.02. The van der Waals surface area contributed by atoms with Gasteiger partial charge < -0.3 is 0 Å². The molecule has 0 unspecified atom stereocenters. The lowest BCUT2D eigenvalue weighted by molar-refractivity contribution is 0.360. The van der Waals surface area contributed by atoms with E-state index in [-0.39, 0.29) is 6.61 Å². The minimum atomic E-state index is -3.33. The second kappa shape index (κ2) is 9.94. The van der Waals surface area contributed by atoms with Crippen molar-refractivity contribution in [3.8, 4) is 0 Å². The van der Waals surface area contributed by atoms with Crippen LogP contribution >= 0.6 is 0 Å². The Kier molecular flexibility index (Phi) is 9.51. The van der Waals surface area contributed by atoms with E-state index in [1.165, 1.54) is 11.1 Å². The van der Waals surface area contributed by atoms with Gasteiger partial charge in [-0.1, -0.05) is 34.9 Å². The van der Waals surface area contributed by atoms with Gasteiger partial charge in [-0.2, -0.15) is 8.42 Å². The molecule has 0 fully saturated rings. The van der Waals surface area contributed by atoms with Crippen molar-refractivity contribution in [2.75, 3.05) is 12.9 Å². The van der Waals surface area contributed by atoms with Crippen LogP contribution in [0.15, 0.2) is 34.9 Å². The molecule has 0 N–H and O–H groups in total. The molecule has 0 aliphatic rings. The van der Waals surface area contributed by atoms with Gasteiger partial charge in [0, 0.05) is 0 Å². The van der Waals surface area contributed by atoms with E-state index >= 15 is 0 Å². The molecule has 0 aromatic heterocycles. The van der Waals surface area contributed by atoms with Crippen LogP contribution < -0.4 is 0 Å². The predicted octanol–water partition coefficient (Wildman–Crippen LogP) is 4.38. The third-order valence-corrected chi connectivity index (χ3v) is 3.40. The highest BCUT2D eigenvalue weighted by Crippen LogP contribution is 2.11. The van der Waals surface area contributed by atoms with Gasteiger partial charge in [0.25, 0.3) is 10.1 Å². The zero-order valence-corrected chi connectivity index (χ0v) is 14.2. The van der Waals surface area contributed by atoms with Gasteiger partial charge in [-0.15, -0.1) is 0 Å². The summed E-state index contributed by atoms with van der Waals surface area (Å²) in [6, 6.07) is 0. The van der Waals surface area contributed by atoms with E-state index in [1.807, 2.05) is 13.0 Å². The molecule has 4 heteroatoms. The number of rotatable bonds is 9. The third kappa shape index (κ3) is 13.6. The largest absolute Gasteiger partial charge is 0.266 e. The van der Waals surface area contributed by atoms with Gasteiger partial charge in [-0.25, -0.2) is 0 Å². The Morgan fingerprint density at radius 3 is 1.90 bits per heavy atom. The van der Waals surface area contributed by atoms with Crippen LogP contribution in [0.4, 0.5) is 0 Å². The van der Waals surface area contributed by atoms with E-state index < -0.39 is 10.1 Å². The van der Waals surface area contributed by atoms with Crippen molar-refractivity contribution < 1.29 is 12.6 Å². The molecule has 0 saturated carbocycles. The SMILES string of the molecule is CC(C)=CCC/C(C)=C/CC/C(C)=C/COS(C)(=O)=O. The molecule has 0 bridgehead atoms. The Balaban J connectivity index is 3.97. The van der Waals surface area contributed by atoms with Crippen molar-refractivity contribution in [2.24, 2.45) is 0 Å². The first kappa shape index (κ1) is 19.1. The quantitative estimate of drug-likeness (QED) is 0.469. The summed E-state index contributed by atoms with van der Waals surface area (Å²) in [6.45, 7) is 8.52. The fourth-order valence-corrected chi connectivity index (χ4v) is 1.95. The van der Waals surface area contributed by atoms with E-state index in [2.05, 4.69) is 37.1 Å². The van der Waals surface area contributed by atoms with Gasteiger partial charge >= 0.3 is 0 Å². The number of hydrogen-bond donors (Lipinski definition) is 0. The van der Waals surface area contributed by atoms with Gasteiger partial charge in [0.1, 0.15) is 0 Å². The Bertz CT molecular complexity index is 464. The lowest BCUT2D eigenvalue weighted by atomic mass is 10.1. The molecular weight excluding hydrogens is 272 g/mol. The maximum Gasteiger partial charge on any atom is 0.264 e. The first-order chi connectivity index (χ1) is 9.20. The molecule has 0 aromatic carbocycles. The molecule has 0 radical (unpaired) electrons. The van der Waals surface area contributed by atoms with Crippen molar-refractivity contribution >= 4 is 10.1 Å². The second-order valence-electron chi connectivity index (χ2n) is 5.45. The highest BCUT2D eigenvalue weighted by atomic mass is 32.2. The lowest BCUT2D eigenvalue weighted by Crippen LogP contribution is -2.02. The van der Waals surface area contributed by atoms with Gasteiger partial charge in [-0.3, -0.25) is 4.18 Å². The Hall–Kier alpha value is -0.870. The molecule has 0 rings (SSSR count). The smallest absolute Gasteiger partial charge is 0.264 e. The highest BCUT2D eigenvalue weighted by Gasteiger charge is 1.98. The molecule has 0 atom stereocenters. The summed E-state index contributed by atoms with van der Waals surface area (Å²) < 4.78 is 26.3. The molecule has 20 heavy (non-hydrogen) atoms. The maximum atomic E-state index is 10.8. The second-order valence-corrected chi connectivity index (χ2v) is 7.09. The first-order valence-electron chi connectivity index (χ1n) is 6.99. The summed E-state index contributed by atoms with van der Waals surface area (Å²) in [5, 5.41) is 0. The first-order valence-corrected chi connectivity index (χ1v) is 8.81. The minimum Gasteiger partial charge on any atom is -0.266 e. The summed E-state index contributed by atoms with van der Waals surface area (Å²) in [6.07, 6.45) is 11.5. The number of hydrogen-bond acceptors (Lipinski definition) is 3. The van der Waals surface area contributed by atoms with E-state index in [9.17, 15) is 8.42 Å². The molecule has 0 aliphatic heterocycles. The summed E-state index contributed by atoms with van der Waals surface area (Å²) in [4.78, 5) is 0. The molecule has 0 spiro atoms. The maximum absolute atomic E-state index is 10.8. The van der Waals surface area contributed by atoms with Crippen LogP contribution in [-0.2, 0) is 14.3 Å². The van der Waals surface area contributed by atoms with Gasteiger partial charge in [-0.05, 0) is 53.4 Å². The van der Waals surface area contributed by atoms with E-state index in [0.717, 1.165) is 37.5 Å². The van der Waals surface area contributed by atoms with Crippen LogP contribution in [0.5, 0.6) is 0 Å². The molecule has 0 aliphatic carbocycles. The molecule has 0 saturated heterocycles. The van der Waals surface area contributed by atoms with Crippen LogP contribution in [0.3, 0.4) is 0 Å². The van der Waals surface area contributed by atoms with Crippen LogP contribution in [0.1, 0.15) is 53.4 Å². The summed E-state index contributed by atoms with van der Waals surface area (Å²) in [5.74, 6) is 0. The molecular formula is C16H28O3S. The van der Waals surface area contributed by atoms with E-state index in [0.29, 0.717) is 0 Å². The predicted molar refractivity (Wildman–Crippen MR) is 86.2 cm³/mol. The third-order valence-electron chi connectivity index (χ3n) is 2.84. The van der Waals surface area contributed by atoms with Crippen molar-refractivity contribution in [1.29, 1.82) is 0 Å². The van der Waals surface area contributed by atoms with Crippen molar-refractivity contribution in [1.82, 2.24) is 0 Å². The van der Waals surface area contributed by atoms with Gasteiger partial charge in [0.2, 0.25) is 0 Å². The standard InChI is InChI=1S/C16H28O3S/c1-14(2)8-6-9-15(3)10-7-11-16(4)12-13-19-20(5,17)18/h8,10,12H,6-7,9,11,13H2,1-5H3/b15-10+,16-12+. The minimum absolute atomic E-state index is 0.133. The number of allylic oxidation sites excluding steroid dienone is 5. The van der Waals surface area contributed by atoms with Crippen LogP contribution in [0, 0.1) is 0 Å². The molecule has 0 aromatic rings. The fraction of sp³-hybridized carbons (Fsp3) is 0.625. The van der Waals surface area contributed by atoms with Crippen LogP contribution in [0.25, 0.3) is 0 Å². The fourth-order valence-electron chi connectivity index (χ4n) is 1.64. The monoisotopic (exact) mass is 300 g/mol. The van der Waals surface area contributed by atoms with Crippen molar-refractivity contribution in [3.05, 3.63) is 34.9 Å². The average Bonchev–Trinajstić information content (AvgIpc) is 2.26. The zero-order chi connectivity index (χ0) is 15.6. The summed E-state index contributed by atoms with van der Waals surface area (Å²) in [5.41, 5.74) is 3.92.